The van der Waals surface area contributed by atoms with Crippen LogP contribution in [0.3, 0.4) is 0 Å². The SMILES string of the molecule is CCNC(=O)N(CC(N)=O)c1ncc([N+](=O)[O-])s1. The maximum atomic E-state index is 11.7. The van der Waals surface area contributed by atoms with Crippen molar-refractivity contribution in [3.8, 4) is 0 Å². The third kappa shape index (κ3) is 3.38. The molecule has 0 aromatic carbocycles. The van der Waals surface area contributed by atoms with E-state index in [1.54, 1.807) is 6.92 Å². The molecular weight excluding hydrogens is 262 g/mol. The van der Waals surface area contributed by atoms with Gasteiger partial charge in [-0.1, -0.05) is 0 Å². The molecule has 0 fully saturated rings. The topological polar surface area (TPSA) is 131 Å². The van der Waals surface area contributed by atoms with Gasteiger partial charge >= 0.3 is 11.0 Å². The second-order valence-electron chi connectivity index (χ2n) is 3.13. The van der Waals surface area contributed by atoms with Crippen LogP contribution in [0.4, 0.5) is 14.9 Å². The summed E-state index contributed by atoms with van der Waals surface area (Å²) in [5, 5.41) is 12.8. The number of primary amides is 1. The van der Waals surface area contributed by atoms with Crippen LogP contribution in [0.1, 0.15) is 6.92 Å². The van der Waals surface area contributed by atoms with Gasteiger partial charge in [-0.25, -0.2) is 9.78 Å². The van der Waals surface area contributed by atoms with Crippen LogP contribution in [0, 0.1) is 10.1 Å². The lowest BCUT2D eigenvalue weighted by molar-refractivity contribution is -0.380. The predicted octanol–water partition coefficient (Wildman–Crippen LogP) is 0.0725. The number of anilines is 1. The van der Waals surface area contributed by atoms with Gasteiger partial charge < -0.3 is 11.1 Å². The Balaban J connectivity index is 2.97. The summed E-state index contributed by atoms with van der Waals surface area (Å²) in [4.78, 5) is 37.1. The Labute approximate surface area is 106 Å². The highest BCUT2D eigenvalue weighted by atomic mass is 32.1. The van der Waals surface area contributed by atoms with Crippen LogP contribution in [0.15, 0.2) is 6.20 Å². The number of nitrogens with zero attached hydrogens (tertiary/aromatic N) is 3. The van der Waals surface area contributed by atoms with E-state index in [0.717, 1.165) is 11.1 Å². The standard InChI is InChI=1S/C8H11N5O4S/c1-2-10-7(15)12(4-5(9)14)8-11-3-6(18-8)13(16)17/h3H,2,4H2,1H3,(H2,9,14)(H,10,15). The second kappa shape index (κ2) is 5.91. The monoisotopic (exact) mass is 273 g/mol. The predicted molar refractivity (Wildman–Crippen MR) is 64.4 cm³/mol. The number of thiazole rings is 1. The lowest BCUT2D eigenvalue weighted by Gasteiger charge is -2.17. The first kappa shape index (κ1) is 13.8. The summed E-state index contributed by atoms with van der Waals surface area (Å²) >= 11 is 0.692. The minimum absolute atomic E-state index is 0.0476. The molecule has 0 unspecified atom stereocenters. The molecule has 0 radical (unpaired) electrons. The summed E-state index contributed by atoms with van der Waals surface area (Å²) in [7, 11) is 0. The zero-order valence-corrected chi connectivity index (χ0v) is 10.3. The van der Waals surface area contributed by atoms with E-state index in [0.29, 0.717) is 17.9 Å². The number of amides is 3. The summed E-state index contributed by atoms with van der Waals surface area (Å²) in [6.45, 7) is 1.66. The van der Waals surface area contributed by atoms with Gasteiger partial charge in [-0.05, 0) is 18.3 Å². The molecule has 0 saturated carbocycles. The first-order valence-corrected chi connectivity index (χ1v) is 5.71. The maximum absolute atomic E-state index is 11.7. The van der Waals surface area contributed by atoms with Crippen molar-refractivity contribution in [3.05, 3.63) is 16.3 Å². The molecule has 10 heteroatoms. The van der Waals surface area contributed by atoms with Crippen molar-refractivity contribution in [2.75, 3.05) is 18.0 Å². The number of rotatable bonds is 5. The van der Waals surface area contributed by atoms with Crippen molar-refractivity contribution in [1.82, 2.24) is 10.3 Å². The van der Waals surface area contributed by atoms with E-state index < -0.39 is 23.4 Å². The molecular formula is C8H11N5O4S. The van der Waals surface area contributed by atoms with Gasteiger partial charge in [0, 0.05) is 6.54 Å². The number of nitrogens with two attached hydrogens (primary N) is 1. The van der Waals surface area contributed by atoms with Crippen molar-refractivity contribution >= 4 is 33.4 Å². The van der Waals surface area contributed by atoms with Gasteiger partial charge in [0.2, 0.25) is 5.91 Å². The Bertz CT molecular complexity index is 474. The van der Waals surface area contributed by atoms with Crippen molar-refractivity contribution < 1.29 is 14.5 Å². The summed E-state index contributed by atoms with van der Waals surface area (Å²) in [6, 6.07) is -0.583. The van der Waals surface area contributed by atoms with Gasteiger partial charge in [0.25, 0.3) is 0 Å². The van der Waals surface area contributed by atoms with Crippen molar-refractivity contribution in [1.29, 1.82) is 0 Å². The van der Waals surface area contributed by atoms with Crippen molar-refractivity contribution in [2.45, 2.75) is 6.92 Å². The van der Waals surface area contributed by atoms with E-state index >= 15 is 0 Å². The molecule has 0 saturated heterocycles. The van der Waals surface area contributed by atoms with Gasteiger partial charge in [-0.2, -0.15) is 0 Å². The van der Waals surface area contributed by atoms with E-state index in [9.17, 15) is 19.7 Å². The van der Waals surface area contributed by atoms with E-state index in [1.807, 2.05) is 0 Å². The molecule has 1 aromatic rings. The highest BCUT2D eigenvalue weighted by molar-refractivity contribution is 7.18. The smallest absolute Gasteiger partial charge is 0.345 e. The maximum Gasteiger partial charge on any atom is 0.345 e. The lowest BCUT2D eigenvalue weighted by Crippen LogP contribution is -2.44. The molecule has 1 aromatic heterocycles. The summed E-state index contributed by atoms with van der Waals surface area (Å²) in [6.07, 6.45) is 1.02. The van der Waals surface area contributed by atoms with Crippen molar-refractivity contribution in [2.24, 2.45) is 5.73 Å². The van der Waals surface area contributed by atoms with E-state index in [2.05, 4.69) is 10.3 Å². The van der Waals surface area contributed by atoms with Gasteiger partial charge in [-0.3, -0.25) is 19.8 Å². The molecule has 0 aliphatic rings. The fraction of sp³-hybridized carbons (Fsp3) is 0.375. The Morgan fingerprint density at radius 2 is 2.33 bits per heavy atom. The average molecular weight is 273 g/mol. The number of aromatic nitrogens is 1. The van der Waals surface area contributed by atoms with Crippen LogP contribution in [0.5, 0.6) is 0 Å². The van der Waals surface area contributed by atoms with E-state index in [1.165, 1.54) is 0 Å². The van der Waals surface area contributed by atoms with E-state index in [4.69, 9.17) is 5.73 Å². The zero-order chi connectivity index (χ0) is 13.7. The zero-order valence-electron chi connectivity index (χ0n) is 9.45. The van der Waals surface area contributed by atoms with Gasteiger partial charge in [0.15, 0.2) is 5.13 Å². The quantitative estimate of drug-likeness (QED) is 0.579. The van der Waals surface area contributed by atoms with Crippen LogP contribution in [-0.2, 0) is 4.79 Å². The normalized spacial score (nSPS) is 9.83. The number of nitrogens with one attached hydrogen (secondary N) is 1. The van der Waals surface area contributed by atoms with Crippen LogP contribution in [-0.4, -0.2) is 34.9 Å². The number of nitro groups is 1. The van der Waals surface area contributed by atoms with Crippen LogP contribution in [0.25, 0.3) is 0 Å². The third-order valence-corrected chi connectivity index (χ3v) is 2.75. The fourth-order valence-electron chi connectivity index (χ4n) is 1.09. The summed E-state index contributed by atoms with van der Waals surface area (Å²) in [5.74, 6) is -0.737. The fourth-order valence-corrected chi connectivity index (χ4v) is 1.82. The number of carbonyl (C=O) groups is 2. The minimum Gasteiger partial charge on any atom is -0.368 e. The molecule has 98 valence electrons. The summed E-state index contributed by atoms with van der Waals surface area (Å²) < 4.78 is 0. The minimum atomic E-state index is -0.737. The molecule has 0 aliphatic carbocycles. The Morgan fingerprint density at radius 1 is 1.67 bits per heavy atom. The molecule has 3 N–H and O–H groups in total. The molecule has 3 amide bonds. The summed E-state index contributed by atoms with van der Waals surface area (Å²) in [5.41, 5.74) is 5.01. The molecule has 0 bridgehead atoms. The van der Waals surface area contributed by atoms with Gasteiger partial charge in [0.1, 0.15) is 12.7 Å². The first-order chi connectivity index (χ1) is 8.45. The van der Waals surface area contributed by atoms with E-state index in [-0.39, 0.29) is 10.1 Å². The van der Waals surface area contributed by atoms with Crippen LogP contribution < -0.4 is 16.0 Å². The highest BCUT2D eigenvalue weighted by Crippen LogP contribution is 2.28. The largest absolute Gasteiger partial charge is 0.368 e. The van der Waals surface area contributed by atoms with Crippen LogP contribution >= 0.6 is 11.3 Å². The molecule has 18 heavy (non-hydrogen) atoms. The highest BCUT2D eigenvalue weighted by Gasteiger charge is 2.23. The second-order valence-corrected chi connectivity index (χ2v) is 4.11. The average Bonchev–Trinajstić information content (AvgIpc) is 2.75. The van der Waals surface area contributed by atoms with Crippen LogP contribution in [0.2, 0.25) is 0 Å². The number of urea groups is 1. The van der Waals surface area contributed by atoms with Crippen molar-refractivity contribution in [3.63, 3.8) is 0 Å². The number of hydrogen-bond donors (Lipinski definition) is 2. The molecule has 0 atom stereocenters. The lowest BCUT2D eigenvalue weighted by atomic mass is 10.5. The first-order valence-electron chi connectivity index (χ1n) is 4.89. The van der Waals surface area contributed by atoms with Gasteiger partial charge in [-0.15, -0.1) is 0 Å². The molecule has 1 heterocycles. The molecule has 1 rings (SSSR count). The molecule has 9 nitrogen and oxygen atoms in total. The Kier molecular flexibility index (Phi) is 4.54. The Morgan fingerprint density at radius 3 is 2.78 bits per heavy atom. The third-order valence-electron chi connectivity index (χ3n) is 1.78. The Hall–Kier alpha value is -2.23. The molecule has 0 aliphatic heterocycles. The number of hydrogen-bond acceptors (Lipinski definition) is 6. The van der Waals surface area contributed by atoms with Gasteiger partial charge in [0.05, 0.1) is 4.92 Å². The molecule has 0 spiro atoms. The number of carbonyl (C=O) groups excluding carboxylic acids is 2.